The number of hydrogen-bond donors (Lipinski definition) is 1. The Labute approximate surface area is 153 Å². The van der Waals surface area contributed by atoms with Crippen LogP contribution in [0.15, 0.2) is 42.5 Å². The van der Waals surface area contributed by atoms with Gasteiger partial charge in [-0.2, -0.15) is 0 Å². The van der Waals surface area contributed by atoms with Crippen LogP contribution < -0.4 is 14.4 Å². The first kappa shape index (κ1) is 18.4. The van der Waals surface area contributed by atoms with Crippen LogP contribution in [0.25, 0.3) is 0 Å². The van der Waals surface area contributed by atoms with E-state index in [0.717, 1.165) is 29.5 Å². The molecule has 1 amide bonds. The van der Waals surface area contributed by atoms with Crippen LogP contribution in [0.3, 0.4) is 0 Å². The second-order valence-corrected chi connectivity index (χ2v) is 8.35. The molecule has 0 saturated carbocycles. The number of anilines is 1. The average Bonchev–Trinajstić information content (AvgIpc) is 2.94. The summed E-state index contributed by atoms with van der Waals surface area (Å²) in [5, 5.41) is 0. The number of carbonyl (C=O) groups excluding carboxylic acids is 1. The van der Waals surface area contributed by atoms with Crippen molar-refractivity contribution in [2.45, 2.75) is 25.9 Å². The van der Waals surface area contributed by atoms with Crippen molar-refractivity contribution in [3.8, 4) is 5.75 Å². The molecule has 1 aliphatic rings. The van der Waals surface area contributed by atoms with Crippen LogP contribution in [0.2, 0.25) is 0 Å². The summed E-state index contributed by atoms with van der Waals surface area (Å²) in [7, 11) is -1.68. The fourth-order valence-corrected chi connectivity index (χ4v) is 3.59. The molecule has 1 atom stereocenters. The second kappa shape index (κ2) is 7.09. The van der Waals surface area contributed by atoms with E-state index in [2.05, 4.69) is 4.72 Å². The molecule has 1 N–H and O–H groups in total. The van der Waals surface area contributed by atoms with Gasteiger partial charge in [-0.15, -0.1) is 0 Å². The van der Waals surface area contributed by atoms with E-state index in [4.69, 9.17) is 4.74 Å². The van der Waals surface area contributed by atoms with E-state index in [1.54, 1.807) is 36.3 Å². The van der Waals surface area contributed by atoms with Crippen molar-refractivity contribution in [1.29, 1.82) is 0 Å². The van der Waals surface area contributed by atoms with Gasteiger partial charge in [-0.25, -0.2) is 13.1 Å². The number of benzene rings is 2. The zero-order valence-corrected chi connectivity index (χ0v) is 15.8. The molecular weight excluding hydrogens is 352 g/mol. The minimum absolute atomic E-state index is 0.0396. The van der Waals surface area contributed by atoms with Crippen LogP contribution in [0.1, 0.15) is 28.4 Å². The van der Waals surface area contributed by atoms with E-state index in [1.165, 1.54) is 0 Å². The topological polar surface area (TPSA) is 75.7 Å². The van der Waals surface area contributed by atoms with Crippen molar-refractivity contribution in [3.05, 3.63) is 59.2 Å². The molecule has 7 heteroatoms. The summed E-state index contributed by atoms with van der Waals surface area (Å²) in [6.07, 6.45) is 1.90. The second-order valence-electron chi connectivity index (χ2n) is 6.51. The molecule has 2 aromatic carbocycles. The van der Waals surface area contributed by atoms with Gasteiger partial charge in [0.15, 0.2) is 0 Å². The maximum atomic E-state index is 13.0. The van der Waals surface area contributed by atoms with Gasteiger partial charge in [0.1, 0.15) is 5.75 Å². The highest BCUT2D eigenvalue weighted by atomic mass is 32.2. The first-order valence-corrected chi connectivity index (χ1v) is 10.2. The third-order valence-corrected chi connectivity index (χ3v) is 5.13. The van der Waals surface area contributed by atoms with Crippen molar-refractivity contribution >= 4 is 21.6 Å². The number of nitrogens with one attached hydrogen (secondary N) is 1. The molecule has 2 aromatic rings. The number of fused-ring (bicyclic) bond motifs is 1. The van der Waals surface area contributed by atoms with E-state index in [-0.39, 0.29) is 18.5 Å². The predicted octanol–water partition coefficient (Wildman–Crippen LogP) is 2.34. The molecule has 0 fully saturated rings. The van der Waals surface area contributed by atoms with Gasteiger partial charge >= 0.3 is 0 Å². The van der Waals surface area contributed by atoms with Crippen molar-refractivity contribution < 1.29 is 17.9 Å². The molecule has 3 rings (SSSR count). The molecule has 1 heterocycles. The van der Waals surface area contributed by atoms with Gasteiger partial charge in [0.25, 0.3) is 5.91 Å². The lowest BCUT2D eigenvalue weighted by molar-refractivity contribution is 0.0981. The van der Waals surface area contributed by atoms with Gasteiger partial charge in [0.05, 0.1) is 13.4 Å². The summed E-state index contributed by atoms with van der Waals surface area (Å²) in [5.41, 5.74) is 3.33. The smallest absolute Gasteiger partial charge is 0.258 e. The number of hydrogen-bond acceptors (Lipinski definition) is 4. The molecule has 0 unspecified atom stereocenters. The summed E-state index contributed by atoms with van der Waals surface area (Å²) in [4.78, 5) is 14.8. The summed E-state index contributed by atoms with van der Waals surface area (Å²) in [5.74, 6) is 0.623. The van der Waals surface area contributed by atoms with Crippen molar-refractivity contribution in [3.63, 3.8) is 0 Å². The third-order valence-electron chi connectivity index (χ3n) is 4.46. The highest BCUT2D eigenvalue weighted by molar-refractivity contribution is 7.88. The molecule has 0 saturated heterocycles. The maximum Gasteiger partial charge on any atom is 0.258 e. The van der Waals surface area contributed by atoms with Gasteiger partial charge in [-0.05, 0) is 54.8 Å². The summed E-state index contributed by atoms with van der Waals surface area (Å²) in [6.45, 7) is 2.21. The molecule has 0 aliphatic carbocycles. The summed E-state index contributed by atoms with van der Waals surface area (Å²) in [6, 6.07) is 12.8. The van der Waals surface area contributed by atoms with Crippen LogP contribution in [-0.2, 0) is 23.0 Å². The number of methoxy groups -OCH3 is 1. The number of sulfonamides is 1. The molecule has 26 heavy (non-hydrogen) atoms. The zero-order valence-electron chi connectivity index (χ0n) is 15.0. The number of nitrogens with zero attached hydrogens (tertiary/aromatic N) is 1. The lowest BCUT2D eigenvalue weighted by atomic mass is 10.1. The van der Waals surface area contributed by atoms with E-state index in [1.807, 2.05) is 25.1 Å². The third kappa shape index (κ3) is 3.89. The zero-order chi connectivity index (χ0) is 18.9. The minimum Gasteiger partial charge on any atom is -0.497 e. The number of rotatable bonds is 5. The van der Waals surface area contributed by atoms with Gasteiger partial charge in [0.2, 0.25) is 10.0 Å². The van der Waals surface area contributed by atoms with Crippen LogP contribution in [0.4, 0.5) is 5.69 Å². The molecule has 6 nitrogen and oxygen atoms in total. The number of amides is 1. The van der Waals surface area contributed by atoms with E-state index in [9.17, 15) is 13.2 Å². The van der Waals surface area contributed by atoms with Crippen LogP contribution in [0.5, 0.6) is 5.75 Å². The molecule has 1 aliphatic heterocycles. The quantitative estimate of drug-likeness (QED) is 0.872. The fraction of sp³-hybridized carbons (Fsp3) is 0.316. The molecule has 138 valence electrons. The lowest BCUT2D eigenvalue weighted by Gasteiger charge is -2.23. The Hall–Kier alpha value is -2.38. The largest absolute Gasteiger partial charge is 0.497 e. The molecule has 0 bridgehead atoms. The first-order chi connectivity index (χ1) is 12.3. The normalized spacial score (nSPS) is 16.4. The monoisotopic (exact) mass is 374 g/mol. The van der Waals surface area contributed by atoms with E-state index >= 15 is 0 Å². The number of ether oxygens (including phenoxy) is 1. The average molecular weight is 374 g/mol. The van der Waals surface area contributed by atoms with Gasteiger partial charge in [-0.3, -0.25) is 4.79 Å². The summed E-state index contributed by atoms with van der Waals surface area (Å²) >= 11 is 0. The van der Waals surface area contributed by atoms with Crippen molar-refractivity contribution in [2.24, 2.45) is 0 Å². The Balaban J connectivity index is 1.88. The molecular formula is C19H22N2O4S. The van der Waals surface area contributed by atoms with Crippen molar-refractivity contribution in [2.75, 3.05) is 18.3 Å². The highest BCUT2D eigenvalue weighted by Crippen LogP contribution is 2.34. The highest BCUT2D eigenvalue weighted by Gasteiger charge is 2.31. The molecule has 0 aromatic heterocycles. The van der Waals surface area contributed by atoms with Gasteiger partial charge in [-0.1, -0.05) is 12.1 Å². The maximum absolute atomic E-state index is 13.0. The van der Waals surface area contributed by atoms with Gasteiger partial charge < -0.3 is 9.64 Å². The van der Waals surface area contributed by atoms with Crippen LogP contribution in [-0.4, -0.2) is 33.7 Å². The van der Waals surface area contributed by atoms with Crippen molar-refractivity contribution in [1.82, 2.24) is 4.72 Å². The Bertz CT molecular complexity index is 923. The van der Waals surface area contributed by atoms with Crippen LogP contribution in [0, 0.1) is 0 Å². The van der Waals surface area contributed by atoms with Gasteiger partial charge in [0, 0.05) is 23.8 Å². The molecule has 0 radical (unpaired) electrons. The Morgan fingerprint density at radius 1 is 1.23 bits per heavy atom. The summed E-state index contributed by atoms with van der Waals surface area (Å²) < 4.78 is 30.3. The minimum atomic E-state index is -3.27. The standard InChI is InChI=1S/C19H22N2O4S/c1-13-10-16-5-4-14(12-20-26(3,23)24)11-18(16)21(13)19(22)15-6-8-17(25-2)9-7-15/h4-9,11,13,20H,10,12H2,1-3H3/t13-/m1/s1. The first-order valence-electron chi connectivity index (χ1n) is 8.32. The Morgan fingerprint density at radius 3 is 2.54 bits per heavy atom. The number of carbonyl (C=O) groups is 1. The molecule has 0 spiro atoms. The predicted molar refractivity (Wildman–Crippen MR) is 101 cm³/mol. The van der Waals surface area contributed by atoms with E-state index in [0.29, 0.717) is 11.3 Å². The Kier molecular flexibility index (Phi) is 5.02. The SMILES string of the molecule is COc1ccc(C(=O)N2c3cc(CNS(C)(=O)=O)ccc3C[C@H]2C)cc1. The van der Waals surface area contributed by atoms with Crippen LogP contribution >= 0.6 is 0 Å². The lowest BCUT2D eigenvalue weighted by Crippen LogP contribution is -2.35. The fourth-order valence-electron chi connectivity index (χ4n) is 3.16. The van der Waals surface area contributed by atoms with E-state index < -0.39 is 10.0 Å². The Morgan fingerprint density at radius 2 is 1.92 bits per heavy atom.